The van der Waals surface area contributed by atoms with Gasteiger partial charge in [-0.05, 0) is 49.2 Å². The molecule has 2 aromatic carbocycles. The Morgan fingerprint density at radius 1 is 0.952 bits per heavy atom. The third-order valence-electron chi connectivity index (χ3n) is 3.08. The van der Waals surface area contributed by atoms with E-state index in [0.29, 0.717) is 13.2 Å². The summed E-state index contributed by atoms with van der Waals surface area (Å²) in [5.74, 6) is 1.85. The van der Waals surface area contributed by atoms with Crippen LogP contribution in [-0.4, -0.2) is 19.8 Å². The highest BCUT2D eigenvalue weighted by Crippen LogP contribution is 2.13. The SMILES string of the molecule is CCOc1cccc(CNCCOc2cccc(C)c2)c1. The molecule has 0 radical (unpaired) electrons. The number of hydrogen-bond acceptors (Lipinski definition) is 3. The van der Waals surface area contributed by atoms with E-state index in [1.807, 2.05) is 37.3 Å². The van der Waals surface area contributed by atoms with Crippen LogP contribution in [0.3, 0.4) is 0 Å². The van der Waals surface area contributed by atoms with E-state index in [1.54, 1.807) is 0 Å². The summed E-state index contributed by atoms with van der Waals surface area (Å²) in [6.45, 7) is 7.05. The Bertz CT molecular complexity index is 554. The number of rotatable bonds is 8. The van der Waals surface area contributed by atoms with Gasteiger partial charge in [-0.25, -0.2) is 0 Å². The van der Waals surface area contributed by atoms with Crippen LogP contribution in [-0.2, 0) is 6.54 Å². The van der Waals surface area contributed by atoms with Crippen molar-refractivity contribution in [2.45, 2.75) is 20.4 Å². The lowest BCUT2D eigenvalue weighted by Crippen LogP contribution is -2.20. The molecule has 21 heavy (non-hydrogen) atoms. The molecule has 3 nitrogen and oxygen atoms in total. The number of ether oxygens (including phenoxy) is 2. The molecule has 0 saturated carbocycles. The molecule has 0 amide bonds. The fourth-order valence-corrected chi connectivity index (χ4v) is 2.09. The molecular weight excluding hydrogens is 262 g/mol. The van der Waals surface area contributed by atoms with Gasteiger partial charge in [-0.1, -0.05) is 24.3 Å². The average molecular weight is 285 g/mol. The van der Waals surface area contributed by atoms with Crippen LogP contribution in [0.25, 0.3) is 0 Å². The van der Waals surface area contributed by atoms with Gasteiger partial charge >= 0.3 is 0 Å². The second-order valence-corrected chi connectivity index (χ2v) is 4.92. The van der Waals surface area contributed by atoms with Crippen LogP contribution >= 0.6 is 0 Å². The lowest BCUT2D eigenvalue weighted by molar-refractivity contribution is 0.313. The van der Waals surface area contributed by atoms with E-state index in [2.05, 4.69) is 30.4 Å². The normalized spacial score (nSPS) is 10.4. The lowest BCUT2D eigenvalue weighted by atomic mass is 10.2. The van der Waals surface area contributed by atoms with Crippen molar-refractivity contribution < 1.29 is 9.47 Å². The van der Waals surface area contributed by atoms with E-state index >= 15 is 0 Å². The number of hydrogen-bond donors (Lipinski definition) is 1. The highest BCUT2D eigenvalue weighted by molar-refractivity contribution is 5.28. The predicted molar refractivity (Wildman–Crippen MR) is 86.0 cm³/mol. The predicted octanol–water partition coefficient (Wildman–Crippen LogP) is 3.56. The Kier molecular flexibility index (Phi) is 6.10. The van der Waals surface area contributed by atoms with Crippen molar-refractivity contribution in [2.24, 2.45) is 0 Å². The van der Waals surface area contributed by atoms with Gasteiger partial charge in [0.1, 0.15) is 18.1 Å². The minimum Gasteiger partial charge on any atom is -0.494 e. The van der Waals surface area contributed by atoms with Crippen molar-refractivity contribution in [3.63, 3.8) is 0 Å². The quantitative estimate of drug-likeness (QED) is 0.752. The Labute approximate surface area is 126 Å². The first kappa shape index (κ1) is 15.4. The molecule has 0 spiro atoms. The molecule has 0 aliphatic rings. The van der Waals surface area contributed by atoms with Crippen LogP contribution in [0.2, 0.25) is 0 Å². The van der Waals surface area contributed by atoms with Crippen molar-refractivity contribution in [1.82, 2.24) is 5.32 Å². The number of aryl methyl sites for hydroxylation is 1. The van der Waals surface area contributed by atoms with Crippen LogP contribution in [0.4, 0.5) is 0 Å². The summed E-state index contributed by atoms with van der Waals surface area (Å²) in [6.07, 6.45) is 0. The third-order valence-corrected chi connectivity index (χ3v) is 3.08. The van der Waals surface area contributed by atoms with E-state index in [4.69, 9.17) is 9.47 Å². The molecule has 0 atom stereocenters. The van der Waals surface area contributed by atoms with Crippen molar-refractivity contribution >= 4 is 0 Å². The molecule has 0 saturated heterocycles. The maximum Gasteiger partial charge on any atom is 0.119 e. The Hall–Kier alpha value is -2.00. The van der Waals surface area contributed by atoms with E-state index in [0.717, 1.165) is 24.6 Å². The van der Waals surface area contributed by atoms with Gasteiger partial charge < -0.3 is 14.8 Å². The van der Waals surface area contributed by atoms with Crippen molar-refractivity contribution in [3.05, 3.63) is 59.7 Å². The Balaban J connectivity index is 1.69. The zero-order valence-corrected chi connectivity index (χ0v) is 12.8. The molecule has 2 rings (SSSR count). The topological polar surface area (TPSA) is 30.5 Å². The fraction of sp³-hybridized carbons (Fsp3) is 0.333. The van der Waals surface area contributed by atoms with Gasteiger partial charge in [0.05, 0.1) is 6.61 Å². The largest absolute Gasteiger partial charge is 0.494 e. The molecule has 0 aliphatic heterocycles. The molecule has 112 valence electrons. The van der Waals surface area contributed by atoms with Crippen LogP contribution in [0, 0.1) is 6.92 Å². The van der Waals surface area contributed by atoms with Crippen LogP contribution in [0.5, 0.6) is 11.5 Å². The lowest BCUT2D eigenvalue weighted by Gasteiger charge is -2.09. The summed E-state index contributed by atoms with van der Waals surface area (Å²) in [6, 6.07) is 16.3. The van der Waals surface area contributed by atoms with Gasteiger partial charge in [0.15, 0.2) is 0 Å². The van der Waals surface area contributed by atoms with Gasteiger partial charge in [0, 0.05) is 13.1 Å². The maximum atomic E-state index is 5.70. The minimum absolute atomic E-state index is 0.661. The zero-order valence-electron chi connectivity index (χ0n) is 12.8. The summed E-state index contributed by atoms with van der Waals surface area (Å²) < 4.78 is 11.2. The second-order valence-electron chi connectivity index (χ2n) is 4.92. The van der Waals surface area contributed by atoms with Crippen molar-refractivity contribution in [2.75, 3.05) is 19.8 Å². The molecule has 0 fully saturated rings. The monoisotopic (exact) mass is 285 g/mol. The van der Waals surface area contributed by atoms with Gasteiger partial charge in [0.2, 0.25) is 0 Å². The standard InChI is InChI=1S/C18H23NO2/c1-3-20-18-9-5-7-16(13-18)14-19-10-11-21-17-8-4-6-15(2)12-17/h4-9,12-13,19H,3,10-11,14H2,1-2H3. The summed E-state index contributed by atoms with van der Waals surface area (Å²) in [7, 11) is 0. The molecule has 3 heteroatoms. The molecule has 0 aromatic heterocycles. The summed E-state index contributed by atoms with van der Waals surface area (Å²) in [4.78, 5) is 0. The van der Waals surface area contributed by atoms with Crippen LogP contribution in [0.1, 0.15) is 18.1 Å². The first-order valence-electron chi connectivity index (χ1n) is 7.40. The van der Waals surface area contributed by atoms with Crippen LogP contribution < -0.4 is 14.8 Å². The van der Waals surface area contributed by atoms with E-state index in [-0.39, 0.29) is 0 Å². The molecule has 0 bridgehead atoms. The molecule has 0 heterocycles. The highest BCUT2D eigenvalue weighted by Gasteiger charge is 1.97. The van der Waals surface area contributed by atoms with E-state index in [1.165, 1.54) is 11.1 Å². The first-order valence-corrected chi connectivity index (χ1v) is 7.40. The molecule has 0 aliphatic carbocycles. The second kappa shape index (κ2) is 8.32. The third kappa shape index (κ3) is 5.48. The smallest absolute Gasteiger partial charge is 0.119 e. The molecule has 2 aromatic rings. The Morgan fingerprint density at radius 3 is 2.48 bits per heavy atom. The molecule has 0 unspecified atom stereocenters. The molecule has 1 N–H and O–H groups in total. The van der Waals surface area contributed by atoms with Gasteiger partial charge in [-0.2, -0.15) is 0 Å². The first-order chi connectivity index (χ1) is 10.3. The van der Waals surface area contributed by atoms with E-state index in [9.17, 15) is 0 Å². The van der Waals surface area contributed by atoms with Crippen molar-refractivity contribution in [1.29, 1.82) is 0 Å². The average Bonchev–Trinajstić information content (AvgIpc) is 2.48. The van der Waals surface area contributed by atoms with E-state index < -0.39 is 0 Å². The summed E-state index contributed by atoms with van der Waals surface area (Å²) >= 11 is 0. The highest BCUT2D eigenvalue weighted by atomic mass is 16.5. The number of benzene rings is 2. The van der Waals surface area contributed by atoms with Gasteiger partial charge in [0.25, 0.3) is 0 Å². The molecular formula is C18H23NO2. The number of nitrogens with one attached hydrogen (secondary N) is 1. The van der Waals surface area contributed by atoms with Crippen LogP contribution in [0.15, 0.2) is 48.5 Å². The van der Waals surface area contributed by atoms with Gasteiger partial charge in [-0.3, -0.25) is 0 Å². The van der Waals surface area contributed by atoms with Gasteiger partial charge in [-0.15, -0.1) is 0 Å². The zero-order chi connectivity index (χ0) is 14.9. The Morgan fingerprint density at radius 2 is 1.71 bits per heavy atom. The minimum atomic E-state index is 0.661. The summed E-state index contributed by atoms with van der Waals surface area (Å²) in [5.41, 5.74) is 2.43. The fourth-order valence-electron chi connectivity index (χ4n) is 2.09. The maximum absolute atomic E-state index is 5.70. The summed E-state index contributed by atoms with van der Waals surface area (Å²) in [5, 5.41) is 3.38. The van der Waals surface area contributed by atoms with Crippen molar-refractivity contribution in [3.8, 4) is 11.5 Å².